The SMILES string of the molecule is CCCCS(=O)(=O)C[C@@H](N)C(=O)N[C@@H](Cc1cc(F)cc(F)c1)[C@H](O)CNCCC(C)C. The summed E-state index contributed by atoms with van der Waals surface area (Å²) in [5, 5.41) is 16.3. The fraction of sp³-hybridized carbons (Fsp3) is 0.682. The summed E-state index contributed by atoms with van der Waals surface area (Å²) in [6.07, 6.45) is 0.928. The van der Waals surface area contributed by atoms with Gasteiger partial charge in [0.05, 0.1) is 29.7 Å². The van der Waals surface area contributed by atoms with Gasteiger partial charge in [-0.1, -0.05) is 27.2 Å². The highest BCUT2D eigenvalue weighted by atomic mass is 32.2. The second-order valence-electron chi connectivity index (χ2n) is 8.63. The highest BCUT2D eigenvalue weighted by Gasteiger charge is 2.27. The lowest BCUT2D eigenvalue weighted by molar-refractivity contribution is -0.123. The molecule has 0 bridgehead atoms. The van der Waals surface area contributed by atoms with E-state index in [4.69, 9.17) is 5.73 Å². The minimum absolute atomic E-state index is 0.0528. The molecule has 0 aliphatic heterocycles. The van der Waals surface area contributed by atoms with Crippen molar-refractivity contribution in [2.75, 3.05) is 24.6 Å². The van der Waals surface area contributed by atoms with E-state index < -0.39 is 51.3 Å². The number of aliphatic hydroxyl groups is 1. The number of nitrogens with one attached hydrogen (secondary N) is 2. The molecule has 3 atom stereocenters. The van der Waals surface area contributed by atoms with E-state index >= 15 is 0 Å². The van der Waals surface area contributed by atoms with Gasteiger partial charge in [0.1, 0.15) is 11.6 Å². The van der Waals surface area contributed by atoms with Crippen LogP contribution >= 0.6 is 0 Å². The van der Waals surface area contributed by atoms with Crippen molar-refractivity contribution in [1.29, 1.82) is 0 Å². The van der Waals surface area contributed by atoms with Gasteiger partial charge >= 0.3 is 0 Å². The number of hydrogen-bond donors (Lipinski definition) is 4. The van der Waals surface area contributed by atoms with Crippen LogP contribution in [0.1, 0.15) is 45.6 Å². The van der Waals surface area contributed by atoms with E-state index in [1.54, 1.807) is 0 Å². The molecule has 0 heterocycles. The molecular formula is C22H37F2N3O4S. The Bertz CT molecular complexity index is 801. The first kappa shape index (κ1) is 28.4. The Morgan fingerprint density at radius 1 is 1.19 bits per heavy atom. The van der Waals surface area contributed by atoms with Crippen LogP contribution in [0.3, 0.4) is 0 Å². The number of carbonyl (C=O) groups is 1. The molecule has 0 aliphatic rings. The largest absolute Gasteiger partial charge is 0.390 e. The van der Waals surface area contributed by atoms with E-state index in [0.717, 1.165) is 24.6 Å². The Balaban J connectivity index is 2.87. The predicted molar refractivity (Wildman–Crippen MR) is 122 cm³/mol. The van der Waals surface area contributed by atoms with Gasteiger partial charge in [0.2, 0.25) is 5.91 Å². The van der Waals surface area contributed by atoms with Crippen molar-refractivity contribution < 1.29 is 27.1 Å². The average molecular weight is 478 g/mol. The maximum atomic E-state index is 13.6. The Hall–Kier alpha value is -1.62. The average Bonchev–Trinajstić information content (AvgIpc) is 2.67. The van der Waals surface area contributed by atoms with Crippen molar-refractivity contribution >= 4 is 15.7 Å². The smallest absolute Gasteiger partial charge is 0.238 e. The Morgan fingerprint density at radius 3 is 2.38 bits per heavy atom. The van der Waals surface area contributed by atoms with Crippen LogP contribution in [0.15, 0.2) is 18.2 Å². The maximum absolute atomic E-state index is 13.6. The molecule has 1 aromatic carbocycles. The van der Waals surface area contributed by atoms with Crippen LogP contribution in [0.25, 0.3) is 0 Å². The summed E-state index contributed by atoms with van der Waals surface area (Å²) >= 11 is 0. The van der Waals surface area contributed by atoms with Gasteiger partial charge in [-0.15, -0.1) is 0 Å². The molecule has 32 heavy (non-hydrogen) atoms. The van der Waals surface area contributed by atoms with E-state index in [1.807, 2.05) is 6.92 Å². The van der Waals surface area contributed by atoms with Crippen molar-refractivity contribution in [2.24, 2.45) is 11.7 Å². The van der Waals surface area contributed by atoms with Gasteiger partial charge in [-0.3, -0.25) is 4.79 Å². The standard InChI is InChI=1S/C22H37F2N3O4S/c1-4-5-8-32(30,31)14-19(25)22(29)27-20(21(28)13-26-7-6-15(2)3)11-16-9-17(23)12-18(24)10-16/h9-10,12,15,19-21,26,28H,4-8,11,13-14,25H2,1-3H3,(H,27,29)/t19-,20+,21-/m1/s1. The molecule has 0 fully saturated rings. The Labute approximate surface area is 190 Å². The zero-order chi connectivity index (χ0) is 24.3. The molecule has 0 saturated heterocycles. The molecule has 0 spiro atoms. The number of unbranched alkanes of at least 4 members (excludes halogenated alkanes) is 1. The molecule has 10 heteroatoms. The summed E-state index contributed by atoms with van der Waals surface area (Å²) in [4.78, 5) is 12.6. The molecule has 0 aliphatic carbocycles. The van der Waals surface area contributed by atoms with Gasteiger partial charge in [0, 0.05) is 12.6 Å². The molecule has 0 saturated carbocycles. The molecule has 1 amide bonds. The van der Waals surface area contributed by atoms with Crippen LogP contribution in [-0.2, 0) is 21.1 Å². The molecule has 1 aromatic rings. The summed E-state index contributed by atoms with van der Waals surface area (Å²) in [6, 6.07) is 0.745. The summed E-state index contributed by atoms with van der Waals surface area (Å²) < 4.78 is 51.4. The van der Waals surface area contributed by atoms with Crippen molar-refractivity contribution in [2.45, 2.75) is 64.6 Å². The number of aliphatic hydroxyl groups excluding tert-OH is 1. The highest BCUT2D eigenvalue weighted by molar-refractivity contribution is 7.91. The van der Waals surface area contributed by atoms with Crippen molar-refractivity contribution in [1.82, 2.24) is 10.6 Å². The van der Waals surface area contributed by atoms with Gasteiger partial charge in [-0.25, -0.2) is 17.2 Å². The summed E-state index contributed by atoms with van der Waals surface area (Å²) in [5.41, 5.74) is 6.06. The van der Waals surface area contributed by atoms with Gasteiger partial charge in [0.15, 0.2) is 9.84 Å². The third kappa shape index (κ3) is 11.3. The molecule has 7 nitrogen and oxygen atoms in total. The number of rotatable bonds is 15. The second kappa shape index (κ2) is 13.8. The summed E-state index contributed by atoms with van der Waals surface area (Å²) in [6.45, 7) is 6.78. The van der Waals surface area contributed by atoms with Crippen LogP contribution in [0.5, 0.6) is 0 Å². The normalized spacial score (nSPS) is 14.9. The van der Waals surface area contributed by atoms with Crippen molar-refractivity contribution in [3.8, 4) is 0 Å². The fourth-order valence-electron chi connectivity index (χ4n) is 3.14. The van der Waals surface area contributed by atoms with E-state index in [0.29, 0.717) is 25.3 Å². The first-order valence-electron chi connectivity index (χ1n) is 11.0. The molecule has 1 rings (SSSR count). The highest BCUT2D eigenvalue weighted by Crippen LogP contribution is 2.12. The zero-order valence-electron chi connectivity index (χ0n) is 19.1. The second-order valence-corrected chi connectivity index (χ2v) is 10.9. The maximum Gasteiger partial charge on any atom is 0.238 e. The Morgan fingerprint density at radius 2 is 1.81 bits per heavy atom. The molecule has 0 radical (unpaired) electrons. The van der Waals surface area contributed by atoms with E-state index in [-0.39, 0.29) is 24.3 Å². The van der Waals surface area contributed by atoms with Crippen LogP contribution in [0.2, 0.25) is 0 Å². The summed E-state index contributed by atoms with van der Waals surface area (Å²) in [5.74, 6) is -2.38. The third-order valence-corrected chi connectivity index (χ3v) is 6.78. The molecule has 0 aromatic heterocycles. The van der Waals surface area contributed by atoms with Crippen LogP contribution in [0, 0.1) is 17.6 Å². The first-order chi connectivity index (χ1) is 14.9. The van der Waals surface area contributed by atoms with Crippen LogP contribution in [-0.4, -0.2) is 62.2 Å². The fourth-order valence-corrected chi connectivity index (χ4v) is 4.73. The van der Waals surface area contributed by atoms with Gasteiger partial charge in [-0.05, 0) is 49.4 Å². The van der Waals surface area contributed by atoms with Crippen LogP contribution in [0.4, 0.5) is 8.78 Å². The van der Waals surface area contributed by atoms with Crippen molar-refractivity contribution in [3.63, 3.8) is 0 Å². The molecule has 5 N–H and O–H groups in total. The number of halogens is 2. The van der Waals surface area contributed by atoms with E-state index in [2.05, 4.69) is 24.5 Å². The number of hydrogen-bond acceptors (Lipinski definition) is 6. The minimum atomic E-state index is -3.50. The lowest BCUT2D eigenvalue weighted by Crippen LogP contribution is -2.54. The first-order valence-corrected chi connectivity index (χ1v) is 12.9. The van der Waals surface area contributed by atoms with Gasteiger partial charge in [-0.2, -0.15) is 0 Å². The number of nitrogens with two attached hydrogens (primary N) is 1. The third-order valence-electron chi connectivity index (χ3n) is 5.00. The minimum Gasteiger partial charge on any atom is -0.390 e. The number of benzene rings is 1. The van der Waals surface area contributed by atoms with E-state index in [1.165, 1.54) is 0 Å². The number of carbonyl (C=O) groups excluding carboxylic acids is 1. The number of sulfone groups is 1. The lowest BCUT2D eigenvalue weighted by Gasteiger charge is -2.26. The van der Waals surface area contributed by atoms with Gasteiger partial charge in [0.25, 0.3) is 0 Å². The van der Waals surface area contributed by atoms with Crippen molar-refractivity contribution in [3.05, 3.63) is 35.4 Å². The predicted octanol–water partition coefficient (Wildman–Crippen LogP) is 1.53. The zero-order valence-corrected chi connectivity index (χ0v) is 19.9. The quantitative estimate of drug-likeness (QED) is 0.284. The monoisotopic (exact) mass is 477 g/mol. The Kier molecular flexibility index (Phi) is 12.3. The van der Waals surface area contributed by atoms with E-state index in [9.17, 15) is 27.1 Å². The van der Waals surface area contributed by atoms with Crippen LogP contribution < -0.4 is 16.4 Å². The topological polar surface area (TPSA) is 122 Å². The lowest BCUT2D eigenvalue weighted by atomic mass is 10.00. The summed E-state index contributed by atoms with van der Waals surface area (Å²) in [7, 11) is -3.50. The number of amides is 1. The molecule has 0 unspecified atom stereocenters. The molecule has 184 valence electrons. The van der Waals surface area contributed by atoms with Gasteiger partial charge < -0.3 is 21.5 Å². The molecular weight excluding hydrogens is 440 g/mol.